The van der Waals surface area contributed by atoms with E-state index in [0.29, 0.717) is 13.1 Å². The predicted molar refractivity (Wildman–Crippen MR) is 87.2 cm³/mol. The Morgan fingerprint density at radius 2 is 2.08 bits per heavy atom. The number of benzene rings is 1. The van der Waals surface area contributed by atoms with Crippen LogP contribution in [0.5, 0.6) is 5.75 Å². The minimum Gasteiger partial charge on any atom is -0.495 e. The summed E-state index contributed by atoms with van der Waals surface area (Å²) in [5.41, 5.74) is 5.87. The zero-order valence-electron chi connectivity index (χ0n) is 13.4. The van der Waals surface area contributed by atoms with Crippen molar-refractivity contribution in [3.63, 3.8) is 0 Å². The Morgan fingerprint density at radius 1 is 1.33 bits per heavy atom. The molecule has 9 heteroatoms. The molecule has 3 rings (SSSR count). The van der Waals surface area contributed by atoms with Gasteiger partial charge in [0, 0.05) is 31.3 Å². The number of nitro groups is 1. The van der Waals surface area contributed by atoms with E-state index in [0.717, 1.165) is 25.3 Å². The third-order valence-corrected chi connectivity index (χ3v) is 6.95. The first-order valence-corrected chi connectivity index (χ1v) is 9.36. The smallest absolute Gasteiger partial charge is 0.271 e. The molecule has 0 amide bonds. The van der Waals surface area contributed by atoms with Gasteiger partial charge in [0.05, 0.1) is 12.0 Å². The first kappa shape index (κ1) is 17.1. The van der Waals surface area contributed by atoms with E-state index in [1.807, 2.05) is 0 Å². The van der Waals surface area contributed by atoms with Crippen molar-refractivity contribution in [1.82, 2.24) is 4.31 Å². The molecule has 1 saturated heterocycles. The van der Waals surface area contributed by atoms with Gasteiger partial charge in [-0.05, 0) is 30.7 Å². The molecule has 1 saturated carbocycles. The topological polar surface area (TPSA) is 116 Å². The lowest BCUT2D eigenvalue weighted by Gasteiger charge is -2.29. The Morgan fingerprint density at radius 3 is 2.71 bits per heavy atom. The molecule has 0 spiro atoms. The summed E-state index contributed by atoms with van der Waals surface area (Å²) in [5.74, 6) is 0.520. The van der Waals surface area contributed by atoms with Crippen LogP contribution in [-0.2, 0) is 10.0 Å². The van der Waals surface area contributed by atoms with Crippen molar-refractivity contribution >= 4 is 15.7 Å². The van der Waals surface area contributed by atoms with Gasteiger partial charge < -0.3 is 10.5 Å². The largest absolute Gasteiger partial charge is 0.495 e. The average molecular weight is 355 g/mol. The summed E-state index contributed by atoms with van der Waals surface area (Å²) in [4.78, 5) is 10.2. The van der Waals surface area contributed by atoms with Crippen LogP contribution in [0.2, 0.25) is 0 Å². The molecule has 3 unspecified atom stereocenters. The van der Waals surface area contributed by atoms with Crippen LogP contribution in [0.25, 0.3) is 0 Å². The summed E-state index contributed by atoms with van der Waals surface area (Å²) < 4.78 is 32.6. The van der Waals surface area contributed by atoms with E-state index in [1.54, 1.807) is 0 Å². The maximum atomic E-state index is 13.0. The normalized spacial score (nSPS) is 27.7. The van der Waals surface area contributed by atoms with Crippen LogP contribution in [0.15, 0.2) is 23.1 Å². The second kappa shape index (κ2) is 6.30. The molecule has 1 heterocycles. The number of sulfonamides is 1. The van der Waals surface area contributed by atoms with Crippen LogP contribution in [0, 0.1) is 22.0 Å². The van der Waals surface area contributed by atoms with Gasteiger partial charge in [0.1, 0.15) is 10.6 Å². The predicted octanol–water partition coefficient (Wildman–Crippen LogP) is 1.35. The van der Waals surface area contributed by atoms with E-state index in [1.165, 1.54) is 23.5 Å². The lowest BCUT2D eigenvalue weighted by molar-refractivity contribution is -0.385. The first-order chi connectivity index (χ1) is 11.3. The number of fused-ring (bicyclic) bond motifs is 1. The molecule has 132 valence electrons. The number of ether oxygens (including phenoxy) is 1. The highest BCUT2D eigenvalue weighted by molar-refractivity contribution is 7.89. The molecule has 2 N–H and O–H groups in total. The minimum absolute atomic E-state index is 0.0101. The number of non-ortho nitro benzene ring substituents is 1. The average Bonchev–Trinajstić information content (AvgIpc) is 3.00. The molecule has 24 heavy (non-hydrogen) atoms. The quantitative estimate of drug-likeness (QED) is 0.644. The van der Waals surface area contributed by atoms with Gasteiger partial charge in [0.15, 0.2) is 0 Å². The highest BCUT2D eigenvalue weighted by Gasteiger charge is 2.44. The Bertz CT molecular complexity index is 751. The maximum absolute atomic E-state index is 13.0. The van der Waals surface area contributed by atoms with Gasteiger partial charge in [-0.15, -0.1) is 0 Å². The summed E-state index contributed by atoms with van der Waals surface area (Å²) >= 11 is 0. The van der Waals surface area contributed by atoms with Crippen LogP contribution in [-0.4, -0.2) is 43.9 Å². The van der Waals surface area contributed by atoms with E-state index < -0.39 is 14.9 Å². The van der Waals surface area contributed by atoms with E-state index in [2.05, 4.69) is 0 Å². The molecular formula is C15H21N3O5S. The van der Waals surface area contributed by atoms with Crippen molar-refractivity contribution in [3.05, 3.63) is 28.3 Å². The number of nitrogens with two attached hydrogens (primary N) is 1. The second-order valence-electron chi connectivity index (χ2n) is 6.43. The van der Waals surface area contributed by atoms with Gasteiger partial charge in [-0.2, -0.15) is 4.31 Å². The number of hydrogen-bond donors (Lipinski definition) is 1. The van der Waals surface area contributed by atoms with E-state index in [4.69, 9.17) is 10.5 Å². The summed E-state index contributed by atoms with van der Waals surface area (Å²) in [5, 5.41) is 11.0. The Kier molecular flexibility index (Phi) is 4.50. The number of nitro benzene ring substituents is 1. The zero-order valence-corrected chi connectivity index (χ0v) is 14.2. The van der Waals surface area contributed by atoms with Gasteiger partial charge in [-0.25, -0.2) is 8.42 Å². The van der Waals surface area contributed by atoms with Crippen LogP contribution in [0.4, 0.5) is 5.69 Å². The van der Waals surface area contributed by atoms with Crippen LogP contribution in [0.1, 0.15) is 19.3 Å². The highest BCUT2D eigenvalue weighted by atomic mass is 32.2. The second-order valence-corrected chi connectivity index (χ2v) is 8.34. The molecule has 1 aromatic carbocycles. The van der Waals surface area contributed by atoms with Crippen molar-refractivity contribution in [2.75, 3.05) is 20.2 Å². The molecule has 1 aromatic rings. The fourth-order valence-electron chi connectivity index (χ4n) is 3.79. The monoisotopic (exact) mass is 355 g/mol. The molecule has 3 atom stereocenters. The fraction of sp³-hybridized carbons (Fsp3) is 0.600. The molecule has 2 aliphatic rings. The number of methoxy groups -OCH3 is 1. The van der Waals surface area contributed by atoms with Gasteiger partial charge in [-0.1, -0.05) is 6.42 Å². The van der Waals surface area contributed by atoms with Crippen molar-refractivity contribution in [1.29, 1.82) is 0 Å². The summed E-state index contributed by atoms with van der Waals surface area (Å²) in [6.45, 7) is 0.770. The molecule has 2 fully saturated rings. The van der Waals surface area contributed by atoms with Crippen molar-refractivity contribution in [2.24, 2.45) is 17.6 Å². The fourth-order valence-corrected chi connectivity index (χ4v) is 5.50. The lowest BCUT2D eigenvalue weighted by atomic mass is 9.78. The molecule has 0 bridgehead atoms. The highest BCUT2D eigenvalue weighted by Crippen LogP contribution is 2.39. The van der Waals surface area contributed by atoms with E-state index in [9.17, 15) is 18.5 Å². The summed E-state index contributed by atoms with van der Waals surface area (Å²) in [6, 6.07) is 3.63. The van der Waals surface area contributed by atoms with Gasteiger partial charge in [0.2, 0.25) is 10.0 Å². The SMILES string of the molecule is COc1ccc([N+](=O)[O-])cc1S(=O)(=O)N1CC2CCCC(N)C2C1. The number of nitrogens with zero attached hydrogens (tertiary/aromatic N) is 2. The Balaban J connectivity index is 1.96. The molecule has 8 nitrogen and oxygen atoms in total. The van der Waals surface area contributed by atoms with Crippen LogP contribution in [0.3, 0.4) is 0 Å². The van der Waals surface area contributed by atoms with Gasteiger partial charge in [0.25, 0.3) is 5.69 Å². The van der Waals surface area contributed by atoms with Crippen LogP contribution >= 0.6 is 0 Å². The third kappa shape index (κ3) is 2.87. The molecule has 1 aliphatic carbocycles. The number of hydrogen-bond acceptors (Lipinski definition) is 6. The summed E-state index contributed by atoms with van der Waals surface area (Å²) in [6.07, 6.45) is 2.89. The minimum atomic E-state index is -3.87. The number of rotatable bonds is 4. The maximum Gasteiger partial charge on any atom is 0.271 e. The van der Waals surface area contributed by atoms with E-state index >= 15 is 0 Å². The van der Waals surface area contributed by atoms with Gasteiger partial charge in [-0.3, -0.25) is 10.1 Å². The Labute approximate surface area is 140 Å². The van der Waals surface area contributed by atoms with Crippen molar-refractivity contribution < 1.29 is 18.1 Å². The zero-order chi connectivity index (χ0) is 17.5. The molecule has 1 aliphatic heterocycles. The summed E-state index contributed by atoms with van der Waals surface area (Å²) in [7, 11) is -2.52. The van der Waals surface area contributed by atoms with Crippen LogP contribution < -0.4 is 10.5 Å². The third-order valence-electron chi connectivity index (χ3n) is 5.10. The van der Waals surface area contributed by atoms with Crippen molar-refractivity contribution in [3.8, 4) is 5.75 Å². The molecule has 0 radical (unpaired) electrons. The van der Waals surface area contributed by atoms with Crippen molar-refractivity contribution in [2.45, 2.75) is 30.2 Å². The molecule has 0 aromatic heterocycles. The lowest BCUT2D eigenvalue weighted by Crippen LogP contribution is -2.38. The van der Waals surface area contributed by atoms with E-state index in [-0.39, 0.29) is 34.2 Å². The first-order valence-electron chi connectivity index (χ1n) is 7.92. The standard InChI is InChI=1S/C15H21N3O5S/c1-23-14-6-5-11(18(19)20)7-15(14)24(21,22)17-8-10-3-2-4-13(16)12(10)9-17/h5-7,10,12-13H,2-4,8-9,16H2,1H3. The Hall–Kier alpha value is -1.71. The van der Waals surface area contributed by atoms with Gasteiger partial charge >= 0.3 is 0 Å². The molecular weight excluding hydrogens is 334 g/mol.